The molecule has 1 aliphatic carbocycles. The molecule has 5 heteroatoms. The fourth-order valence-corrected chi connectivity index (χ4v) is 2.68. The van der Waals surface area contributed by atoms with Gasteiger partial charge in [0.15, 0.2) is 10.1 Å². The molecule has 2 rings (SSSR count). The number of rotatable bonds is 2. The predicted octanol–water partition coefficient (Wildman–Crippen LogP) is 5.06. The smallest absolute Gasteiger partial charge is 0.189 e. The maximum absolute atomic E-state index is 12.2. The van der Waals surface area contributed by atoms with Gasteiger partial charge in [0.05, 0.1) is 10.1 Å². The first-order chi connectivity index (χ1) is 8.42. The number of Topliss-reactive ketones (excluding diaryl/α,β-unsaturated/α-hetero) is 1. The van der Waals surface area contributed by atoms with E-state index in [4.69, 9.17) is 46.4 Å². The molecular weight excluding hydrogens is 314 g/mol. The summed E-state index contributed by atoms with van der Waals surface area (Å²) in [5.41, 5.74) is 1.01. The number of halogens is 4. The molecule has 0 atom stereocenters. The Balaban J connectivity index is 2.37. The van der Waals surface area contributed by atoms with Gasteiger partial charge in [0, 0.05) is 17.6 Å². The van der Waals surface area contributed by atoms with Crippen LogP contribution in [-0.2, 0) is 0 Å². The molecule has 0 aliphatic heterocycles. The van der Waals surface area contributed by atoms with E-state index in [0.717, 1.165) is 0 Å². The lowest BCUT2D eigenvalue weighted by Gasteiger charge is -2.24. The number of benzene rings is 1. The summed E-state index contributed by atoms with van der Waals surface area (Å²) in [6.45, 7) is 0. The predicted molar refractivity (Wildman–Crippen MR) is 76.6 cm³/mol. The molecule has 0 spiro atoms. The highest BCUT2D eigenvalue weighted by molar-refractivity contribution is 6.58. The standard InChI is InChI=1S/C13H8Cl4O/c14-10-6-9(7-13(16,17)12(10)15)11(18)8-4-2-1-3-5-8/h1-6H,7H2. The molecule has 94 valence electrons. The van der Waals surface area contributed by atoms with Gasteiger partial charge in [-0.15, -0.1) is 0 Å². The summed E-state index contributed by atoms with van der Waals surface area (Å²) in [6.07, 6.45) is 1.65. The highest BCUT2D eigenvalue weighted by Gasteiger charge is 2.36. The molecule has 1 aromatic carbocycles. The van der Waals surface area contributed by atoms with E-state index < -0.39 is 4.33 Å². The summed E-state index contributed by atoms with van der Waals surface area (Å²) in [5.74, 6) is -0.149. The Morgan fingerprint density at radius 3 is 2.28 bits per heavy atom. The second-order valence-electron chi connectivity index (χ2n) is 3.91. The van der Waals surface area contributed by atoms with E-state index in [1.54, 1.807) is 24.3 Å². The molecule has 0 unspecified atom stereocenters. The lowest BCUT2D eigenvalue weighted by Crippen LogP contribution is -2.22. The van der Waals surface area contributed by atoms with Crippen molar-refractivity contribution in [2.24, 2.45) is 0 Å². The molecule has 1 nitrogen and oxygen atoms in total. The van der Waals surface area contributed by atoms with E-state index in [1.165, 1.54) is 6.08 Å². The number of allylic oxidation sites excluding steroid dienone is 4. The lowest BCUT2D eigenvalue weighted by molar-refractivity contribution is 0.103. The minimum absolute atomic E-state index is 0.138. The van der Waals surface area contributed by atoms with Gasteiger partial charge >= 0.3 is 0 Å². The molecule has 18 heavy (non-hydrogen) atoms. The first kappa shape index (κ1) is 14.0. The lowest BCUT2D eigenvalue weighted by atomic mass is 9.95. The Morgan fingerprint density at radius 2 is 1.72 bits per heavy atom. The number of hydrogen-bond acceptors (Lipinski definition) is 1. The Kier molecular flexibility index (Phi) is 4.08. The van der Waals surface area contributed by atoms with Crippen molar-refractivity contribution >= 4 is 52.2 Å². The molecule has 0 fully saturated rings. The highest BCUT2D eigenvalue weighted by atomic mass is 35.5. The third kappa shape index (κ3) is 2.75. The van der Waals surface area contributed by atoms with Crippen LogP contribution >= 0.6 is 46.4 Å². The molecule has 1 aliphatic rings. The number of hydrogen-bond donors (Lipinski definition) is 0. The van der Waals surface area contributed by atoms with E-state index >= 15 is 0 Å². The molecule has 1 aromatic rings. The van der Waals surface area contributed by atoms with Crippen molar-refractivity contribution in [2.75, 3.05) is 0 Å². The van der Waals surface area contributed by atoms with Crippen molar-refractivity contribution in [3.05, 3.63) is 57.6 Å². The Labute approximate surface area is 125 Å². The molecule has 0 amide bonds. The highest BCUT2D eigenvalue weighted by Crippen LogP contribution is 2.45. The van der Waals surface area contributed by atoms with Gasteiger partial charge in [-0.1, -0.05) is 76.7 Å². The topological polar surface area (TPSA) is 17.1 Å². The van der Waals surface area contributed by atoms with Gasteiger partial charge in [-0.2, -0.15) is 0 Å². The van der Waals surface area contributed by atoms with Crippen molar-refractivity contribution in [3.8, 4) is 0 Å². The second-order valence-corrected chi connectivity index (χ2v) is 6.18. The maximum atomic E-state index is 12.2. The summed E-state index contributed by atoms with van der Waals surface area (Å²) in [7, 11) is 0. The number of carbonyl (C=O) groups is 1. The van der Waals surface area contributed by atoms with Crippen LogP contribution < -0.4 is 0 Å². The van der Waals surface area contributed by atoms with E-state index in [-0.39, 0.29) is 22.3 Å². The zero-order chi connectivity index (χ0) is 13.3. The molecule has 0 saturated heterocycles. The van der Waals surface area contributed by atoms with Crippen LogP contribution in [0.4, 0.5) is 0 Å². The van der Waals surface area contributed by atoms with Crippen LogP contribution in [0.25, 0.3) is 0 Å². The summed E-state index contributed by atoms with van der Waals surface area (Å²) in [6, 6.07) is 8.86. The molecule has 0 radical (unpaired) electrons. The second kappa shape index (κ2) is 5.26. The average molecular weight is 322 g/mol. The number of carbonyl (C=O) groups excluding carboxylic acids is 1. The van der Waals surface area contributed by atoms with Gasteiger partial charge < -0.3 is 0 Å². The van der Waals surface area contributed by atoms with E-state index in [0.29, 0.717) is 11.1 Å². The summed E-state index contributed by atoms with van der Waals surface area (Å²) < 4.78 is -1.34. The average Bonchev–Trinajstić information content (AvgIpc) is 2.35. The van der Waals surface area contributed by atoms with Crippen molar-refractivity contribution in [2.45, 2.75) is 10.8 Å². The Hall–Kier alpha value is -0.470. The minimum Gasteiger partial charge on any atom is -0.289 e. The summed E-state index contributed by atoms with van der Waals surface area (Å²) in [5, 5.41) is 0.351. The molecule has 0 saturated carbocycles. The van der Waals surface area contributed by atoms with Crippen LogP contribution in [0.3, 0.4) is 0 Å². The van der Waals surface area contributed by atoms with Crippen molar-refractivity contribution < 1.29 is 4.79 Å². The molecule has 0 aromatic heterocycles. The zero-order valence-electron chi connectivity index (χ0n) is 9.09. The van der Waals surface area contributed by atoms with Crippen LogP contribution in [0, 0.1) is 0 Å². The minimum atomic E-state index is -1.34. The largest absolute Gasteiger partial charge is 0.289 e. The third-order valence-electron chi connectivity index (χ3n) is 2.57. The maximum Gasteiger partial charge on any atom is 0.189 e. The van der Waals surface area contributed by atoms with Gasteiger partial charge in [0.25, 0.3) is 0 Å². The van der Waals surface area contributed by atoms with Crippen molar-refractivity contribution in [1.29, 1.82) is 0 Å². The van der Waals surface area contributed by atoms with E-state index in [9.17, 15) is 4.79 Å². The van der Waals surface area contributed by atoms with E-state index in [2.05, 4.69) is 0 Å². The summed E-state index contributed by atoms with van der Waals surface area (Å²) in [4.78, 5) is 12.2. The van der Waals surface area contributed by atoms with Crippen LogP contribution in [-0.4, -0.2) is 10.1 Å². The first-order valence-electron chi connectivity index (χ1n) is 5.16. The van der Waals surface area contributed by atoms with Crippen LogP contribution in [0.5, 0.6) is 0 Å². The number of alkyl halides is 2. The fourth-order valence-electron chi connectivity index (χ4n) is 1.68. The van der Waals surface area contributed by atoms with Crippen molar-refractivity contribution in [3.63, 3.8) is 0 Å². The molecular formula is C13H8Cl4O. The van der Waals surface area contributed by atoms with Gasteiger partial charge in [0.1, 0.15) is 0 Å². The van der Waals surface area contributed by atoms with E-state index in [1.807, 2.05) is 6.07 Å². The van der Waals surface area contributed by atoms with Crippen molar-refractivity contribution in [1.82, 2.24) is 0 Å². The first-order valence-corrected chi connectivity index (χ1v) is 6.67. The van der Waals surface area contributed by atoms with Gasteiger partial charge in [-0.25, -0.2) is 0 Å². The van der Waals surface area contributed by atoms with Crippen LogP contribution in [0.15, 0.2) is 52.0 Å². The third-order valence-corrected chi connectivity index (χ3v) is 4.33. The molecule has 0 heterocycles. The normalized spacial score (nSPS) is 18.6. The quantitative estimate of drug-likeness (QED) is 0.549. The number of ketones is 1. The fraction of sp³-hybridized carbons (Fsp3) is 0.154. The zero-order valence-corrected chi connectivity index (χ0v) is 12.1. The Bertz CT molecular complexity index is 543. The van der Waals surface area contributed by atoms with Crippen LogP contribution in [0.1, 0.15) is 16.8 Å². The molecule has 0 bridgehead atoms. The summed E-state index contributed by atoms with van der Waals surface area (Å²) >= 11 is 23.9. The Morgan fingerprint density at radius 1 is 1.11 bits per heavy atom. The molecule has 0 N–H and O–H groups in total. The van der Waals surface area contributed by atoms with Gasteiger partial charge in [0.2, 0.25) is 0 Å². The SMILES string of the molecule is O=C(C1=CC(Cl)=C(Cl)C(Cl)(Cl)C1)c1ccccc1. The van der Waals surface area contributed by atoms with Gasteiger partial charge in [-0.05, 0) is 6.08 Å². The van der Waals surface area contributed by atoms with Crippen LogP contribution in [0.2, 0.25) is 0 Å². The van der Waals surface area contributed by atoms with Gasteiger partial charge in [-0.3, -0.25) is 4.79 Å². The monoisotopic (exact) mass is 320 g/mol.